The Balaban J connectivity index is 1.93. The van der Waals surface area contributed by atoms with Crippen molar-refractivity contribution >= 4 is 11.8 Å². The van der Waals surface area contributed by atoms with Crippen LogP contribution in [0.3, 0.4) is 0 Å². The van der Waals surface area contributed by atoms with Crippen LogP contribution in [0.25, 0.3) is 0 Å². The lowest BCUT2D eigenvalue weighted by atomic mass is 10.2. The molecule has 1 aromatic rings. The third-order valence-electron chi connectivity index (χ3n) is 3.19. The SMILES string of the molecule is CCCCc1noc([C@H](C)N2CCSCC2)n1. The molecular formula is C12H21N3OS. The van der Waals surface area contributed by atoms with Crippen molar-refractivity contribution in [3.05, 3.63) is 11.7 Å². The fourth-order valence-corrected chi connectivity index (χ4v) is 2.93. The van der Waals surface area contributed by atoms with Crippen LogP contribution in [0.5, 0.6) is 0 Å². The Kier molecular flexibility index (Phi) is 4.86. The summed E-state index contributed by atoms with van der Waals surface area (Å²) in [5.41, 5.74) is 0. The number of aryl methyl sites for hydroxylation is 1. The van der Waals surface area contributed by atoms with E-state index in [1.807, 2.05) is 11.8 Å². The summed E-state index contributed by atoms with van der Waals surface area (Å²) in [5, 5.41) is 4.05. The van der Waals surface area contributed by atoms with Gasteiger partial charge in [0.25, 0.3) is 0 Å². The molecule has 0 spiro atoms. The monoisotopic (exact) mass is 255 g/mol. The fourth-order valence-electron chi connectivity index (χ4n) is 1.99. The highest BCUT2D eigenvalue weighted by molar-refractivity contribution is 7.99. The molecule has 5 heteroatoms. The maximum absolute atomic E-state index is 5.37. The second kappa shape index (κ2) is 6.40. The zero-order chi connectivity index (χ0) is 12.1. The largest absolute Gasteiger partial charge is 0.338 e. The van der Waals surface area contributed by atoms with E-state index in [4.69, 9.17) is 4.52 Å². The summed E-state index contributed by atoms with van der Waals surface area (Å²) in [6.45, 7) is 6.58. The van der Waals surface area contributed by atoms with Crippen LogP contribution in [0.4, 0.5) is 0 Å². The maximum atomic E-state index is 5.37. The number of nitrogens with zero attached hydrogens (tertiary/aromatic N) is 3. The molecule has 0 radical (unpaired) electrons. The Morgan fingerprint density at radius 3 is 2.88 bits per heavy atom. The fraction of sp³-hybridized carbons (Fsp3) is 0.833. The highest BCUT2D eigenvalue weighted by atomic mass is 32.2. The van der Waals surface area contributed by atoms with Crippen LogP contribution < -0.4 is 0 Å². The first kappa shape index (κ1) is 12.9. The van der Waals surface area contributed by atoms with Gasteiger partial charge in [-0.3, -0.25) is 4.90 Å². The highest BCUT2D eigenvalue weighted by Crippen LogP contribution is 2.22. The molecule has 0 aliphatic carbocycles. The first-order chi connectivity index (χ1) is 8.31. The number of hydrogen-bond acceptors (Lipinski definition) is 5. The van der Waals surface area contributed by atoms with E-state index in [-0.39, 0.29) is 6.04 Å². The lowest BCUT2D eigenvalue weighted by molar-refractivity contribution is 0.189. The van der Waals surface area contributed by atoms with Gasteiger partial charge in [0.2, 0.25) is 5.89 Å². The third-order valence-corrected chi connectivity index (χ3v) is 4.13. The molecule has 1 saturated heterocycles. The van der Waals surface area contributed by atoms with Gasteiger partial charge in [-0.1, -0.05) is 18.5 Å². The third kappa shape index (κ3) is 3.45. The van der Waals surface area contributed by atoms with Crippen LogP contribution in [-0.2, 0) is 6.42 Å². The average Bonchev–Trinajstić information content (AvgIpc) is 2.85. The van der Waals surface area contributed by atoms with Crippen LogP contribution in [-0.4, -0.2) is 39.6 Å². The van der Waals surface area contributed by atoms with Gasteiger partial charge in [-0.2, -0.15) is 16.7 Å². The molecule has 0 aromatic carbocycles. The zero-order valence-electron chi connectivity index (χ0n) is 10.7. The minimum absolute atomic E-state index is 0.263. The van der Waals surface area contributed by atoms with Gasteiger partial charge in [-0.25, -0.2) is 0 Å². The molecule has 1 aromatic heterocycles. The van der Waals surface area contributed by atoms with E-state index in [9.17, 15) is 0 Å². The Morgan fingerprint density at radius 1 is 1.41 bits per heavy atom. The van der Waals surface area contributed by atoms with E-state index in [0.29, 0.717) is 0 Å². The Labute approximate surface area is 107 Å². The van der Waals surface area contributed by atoms with Crippen molar-refractivity contribution in [2.24, 2.45) is 0 Å². The van der Waals surface area contributed by atoms with Gasteiger partial charge in [0.05, 0.1) is 6.04 Å². The Bertz CT molecular complexity index is 336. The molecule has 17 heavy (non-hydrogen) atoms. The number of thioether (sulfide) groups is 1. The lowest BCUT2D eigenvalue weighted by Crippen LogP contribution is -2.34. The normalized spacial score (nSPS) is 19.4. The second-order valence-corrected chi connectivity index (χ2v) is 5.70. The quantitative estimate of drug-likeness (QED) is 0.808. The topological polar surface area (TPSA) is 42.2 Å². The molecule has 1 aliphatic heterocycles. The van der Waals surface area contributed by atoms with Crippen molar-refractivity contribution < 1.29 is 4.52 Å². The first-order valence-corrected chi connectivity index (χ1v) is 7.61. The van der Waals surface area contributed by atoms with Gasteiger partial charge in [0.1, 0.15) is 0 Å². The maximum Gasteiger partial charge on any atom is 0.243 e. The van der Waals surface area contributed by atoms with Gasteiger partial charge in [-0.05, 0) is 13.3 Å². The van der Waals surface area contributed by atoms with Gasteiger partial charge in [0, 0.05) is 31.0 Å². The van der Waals surface area contributed by atoms with Crippen LogP contribution in [0.1, 0.15) is 44.4 Å². The predicted octanol–water partition coefficient (Wildman–Crippen LogP) is 2.52. The lowest BCUT2D eigenvalue weighted by Gasteiger charge is -2.29. The van der Waals surface area contributed by atoms with E-state index in [1.165, 1.54) is 17.9 Å². The summed E-state index contributed by atoms with van der Waals surface area (Å²) < 4.78 is 5.37. The molecular weight excluding hydrogens is 234 g/mol. The number of hydrogen-bond donors (Lipinski definition) is 0. The van der Waals surface area contributed by atoms with Crippen molar-refractivity contribution in [2.45, 2.75) is 39.2 Å². The van der Waals surface area contributed by atoms with E-state index >= 15 is 0 Å². The summed E-state index contributed by atoms with van der Waals surface area (Å²) in [5.74, 6) is 4.06. The molecule has 1 atom stereocenters. The predicted molar refractivity (Wildman–Crippen MR) is 70.2 cm³/mol. The molecule has 0 N–H and O–H groups in total. The Hall–Kier alpha value is -0.550. The molecule has 1 aliphatic rings. The van der Waals surface area contributed by atoms with Crippen molar-refractivity contribution in [1.29, 1.82) is 0 Å². The summed E-state index contributed by atoms with van der Waals surface area (Å²) >= 11 is 2.02. The van der Waals surface area contributed by atoms with Crippen molar-refractivity contribution in [1.82, 2.24) is 15.0 Å². The van der Waals surface area contributed by atoms with Crippen molar-refractivity contribution in [2.75, 3.05) is 24.6 Å². The summed E-state index contributed by atoms with van der Waals surface area (Å²) in [6, 6.07) is 0.263. The number of unbranched alkanes of at least 4 members (excludes halogenated alkanes) is 1. The Morgan fingerprint density at radius 2 is 2.18 bits per heavy atom. The van der Waals surface area contributed by atoms with E-state index < -0.39 is 0 Å². The first-order valence-electron chi connectivity index (χ1n) is 6.45. The van der Waals surface area contributed by atoms with Gasteiger partial charge >= 0.3 is 0 Å². The van der Waals surface area contributed by atoms with E-state index in [1.54, 1.807) is 0 Å². The van der Waals surface area contributed by atoms with E-state index in [0.717, 1.165) is 37.6 Å². The molecule has 0 bridgehead atoms. The molecule has 2 heterocycles. The minimum Gasteiger partial charge on any atom is -0.338 e. The average molecular weight is 255 g/mol. The number of rotatable bonds is 5. The number of aromatic nitrogens is 2. The summed E-state index contributed by atoms with van der Waals surface area (Å²) in [6.07, 6.45) is 3.24. The standard InChI is InChI=1S/C12H21N3OS/c1-3-4-5-11-13-12(16-14-11)10(2)15-6-8-17-9-7-15/h10H,3-9H2,1-2H3/t10-/m0/s1. The minimum atomic E-state index is 0.263. The molecule has 0 unspecified atom stereocenters. The van der Waals surface area contributed by atoms with Crippen molar-refractivity contribution in [3.8, 4) is 0 Å². The molecule has 0 amide bonds. The van der Waals surface area contributed by atoms with Crippen LogP contribution >= 0.6 is 11.8 Å². The van der Waals surface area contributed by atoms with Crippen LogP contribution in [0.2, 0.25) is 0 Å². The van der Waals surface area contributed by atoms with Crippen LogP contribution in [0.15, 0.2) is 4.52 Å². The molecule has 4 nitrogen and oxygen atoms in total. The van der Waals surface area contributed by atoms with Gasteiger partial charge in [-0.15, -0.1) is 0 Å². The van der Waals surface area contributed by atoms with Crippen molar-refractivity contribution in [3.63, 3.8) is 0 Å². The summed E-state index contributed by atoms with van der Waals surface area (Å²) in [7, 11) is 0. The second-order valence-electron chi connectivity index (χ2n) is 4.48. The summed E-state index contributed by atoms with van der Waals surface area (Å²) in [4.78, 5) is 6.92. The molecule has 0 saturated carbocycles. The van der Waals surface area contributed by atoms with Gasteiger partial charge in [0.15, 0.2) is 5.82 Å². The zero-order valence-corrected chi connectivity index (χ0v) is 11.5. The van der Waals surface area contributed by atoms with E-state index in [2.05, 4.69) is 28.9 Å². The van der Waals surface area contributed by atoms with Gasteiger partial charge < -0.3 is 4.52 Å². The smallest absolute Gasteiger partial charge is 0.243 e. The molecule has 1 fully saturated rings. The molecule has 2 rings (SSSR count). The molecule has 96 valence electrons. The van der Waals surface area contributed by atoms with Crippen LogP contribution in [0, 0.1) is 0 Å². The highest BCUT2D eigenvalue weighted by Gasteiger charge is 2.23.